The third-order valence-electron chi connectivity index (χ3n) is 6.05. The molecule has 3 aliphatic heterocycles. The van der Waals surface area contributed by atoms with Gasteiger partial charge in [-0.1, -0.05) is 18.2 Å². The molecule has 3 aliphatic rings. The molecule has 30 heavy (non-hydrogen) atoms. The molecule has 0 spiro atoms. The summed E-state index contributed by atoms with van der Waals surface area (Å²) in [6.07, 6.45) is -3.79. The van der Waals surface area contributed by atoms with Gasteiger partial charge in [-0.15, -0.1) is 0 Å². The molecule has 156 valence electrons. The van der Waals surface area contributed by atoms with Crippen LogP contribution in [0.2, 0.25) is 0 Å². The molecule has 5 nitrogen and oxygen atoms in total. The fourth-order valence-corrected chi connectivity index (χ4v) is 4.85. The molecule has 0 aromatic heterocycles. The fourth-order valence-electron chi connectivity index (χ4n) is 4.85. The lowest BCUT2D eigenvalue weighted by Crippen LogP contribution is -2.44. The number of alkyl halides is 3. The Bertz CT molecular complexity index is 1020. The van der Waals surface area contributed by atoms with Gasteiger partial charge in [0.2, 0.25) is 5.91 Å². The molecule has 3 fully saturated rings. The van der Waals surface area contributed by atoms with E-state index in [2.05, 4.69) is 0 Å². The second-order valence-corrected chi connectivity index (χ2v) is 7.71. The maximum Gasteiger partial charge on any atom is 0.416 e. The average molecular weight is 419 g/mol. The Morgan fingerprint density at radius 1 is 0.867 bits per heavy atom. The maximum atomic E-state index is 13.4. The summed E-state index contributed by atoms with van der Waals surface area (Å²) in [6.45, 7) is 1.23. The van der Waals surface area contributed by atoms with Crippen molar-refractivity contribution < 1.29 is 27.2 Å². The van der Waals surface area contributed by atoms with Crippen molar-refractivity contribution >= 4 is 17.5 Å². The molecular formula is C21H17F4N3O2. The summed E-state index contributed by atoms with van der Waals surface area (Å²) >= 11 is 0. The van der Waals surface area contributed by atoms with Gasteiger partial charge in [-0.05, 0) is 42.3 Å². The number of carbonyl (C=O) groups is 2. The van der Waals surface area contributed by atoms with Crippen LogP contribution in [0.1, 0.15) is 23.6 Å². The Kier molecular flexibility index (Phi) is 4.23. The van der Waals surface area contributed by atoms with E-state index in [1.807, 2.05) is 10.0 Å². The number of hydrogen-bond donors (Lipinski definition) is 0. The zero-order valence-corrected chi connectivity index (χ0v) is 15.6. The van der Waals surface area contributed by atoms with Crippen LogP contribution >= 0.6 is 0 Å². The van der Waals surface area contributed by atoms with Crippen LogP contribution in [0, 0.1) is 11.7 Å². The van der Waals surface area contributed by atoms with E-state index in [0.717, 1.165) is 23.5 Å². The van der Waals surface area contributed by atoms with Gasteiger partial charge in [-0.2, -0.15) is 13.2 Å². The van der Waals surface area contributed by atoms with Gasteiger partial charge in [0.1, 0.15) is 11.9 Å². The van der Waals surface area contributed by atoms with Gasteiger partial charge < -0.3 is 0 Å². The summed E-state index contributed by atoms with van der Waals surface area (Å²) in [4.78, 5) is 27.4. The van der Waals surface area contributed by atoms with E-state index >= 15 is 0 Å². The highest BCUT2D eigenvalue weighted by Crippen LogP contribution is 2.49. The van der Waals surface area contributed by atoms with Crippen LogP contribution in [0.3, 0.4) is 0 Å². The van der Waals surface area contributed by atoms with E-state index in [1.165, 1.54) is 24.3 Å². The van der Waals surface area contributed by atoms with Crippen molar-refractivity contribution in [3.63, 3.8) is 0 Å². The molecule has 3 saturated heterocycles. The third kappa shape index (κ3) is 2.76. The molecule has 2 aromatic carbocycles. The SMILES string of the molecule is O=C1[C@@H]2[C@@H](C(=O)N1c1cccc(C(F)(F)F)c1)N1CCCN1[C@H]2c1ccc(F)cc1. The zero-order chi connectivity index (χ0) is 21.2. The van der Waals surface area contributed by atoms with E-state index in [9.17, 15) is 27.2 Å². The lowest BCUT2D eigenvalue weighted by atomic mass is 9.90. The molecule has 0 unspecified atom stereocenters. The van der Waals surface area contributed by atoms with Crippen molar-refractivity contribution in [1.29, 1.82) is 0 Å². The second-order valence-electron chi connectivity index (χ2n) is 7.71. The molecule has 9 heteroatoms. The van der Waals surface area contributed by atoms with Gasteiger partial charge in [0.25, 0.3) is 5.91 Å². The van der Waals surface area contributed by atoms with E-state index in [4.69, 9.17) is 0 Å². The summed E-state index contributed by atoms with van der Waals surface area (Å²) in [7, 11) is 0. The van der Waals surface area contributed by atoms with E-state index in [0.29, 0.717) is 18.7 Å². The van der Waals surface area contributed by atoms with E-state index in [1.54, 1.807) is 12.1 Å². The first-order chi connectivity index (χ1) is 14.3. The van der Waals surface area contributed by atoms with Crippen molar-refractivity contribution in [2.45, 2.75) is 24.7 Å². The van der Waals surface area contributed by atoms with Crippen LogP contribution in [0.15, 0.2) is 48.5 Å². The number of rotatable bonds is 2. The normalized spacial score (nSPS) is 27.1. The van der Waals surface area contributed by atoms with E-state index < -0.39 is 47.4 Å². The van der Waals surface area contributed by atoms with Crippen LogP contribution < -0.4 is 4.90 Å². The van der Waals surface area contributed by atoms with Gasteiger partial charge >= 0.3 is 6.18 Å². The van der Waals surface area contributed by atoms with Crippen LogP contribution in [-0.4, -0.2) is 41.0 Å². The minimum Gasteiger partial charge on any atom is -0.274 e. The second kappa shape index (κ2) is 6.61. The monoisotopic (exact) mass is 419 g/mol. The molecule has 0 aliphatic carbocycles. The molecule has 3 atom stereocenters. The third-order valence-corrected chi connectivity index (χ3v) is 6.05. The molecule has 0 N–H and O–H groups in total. The molecule has 2 aromatic rings. The molecule has 0 bridgehead atoms. The van der Waals surface area contributed by atoms with Crippen molar-refractivity contribution in [3.8, 4) is 0 Å². The minimum absolute atomic E-state index is 0.0853. The largest absolute Gasteiger partial charge is 0.416 e. The lowest BCUT2D eigenvalue weighted by molar-refractivity contribution is -0.137. The Labute approximate surface area is 169 Å². The van der Waals surface area contributed by atoms with Crippen molar-refractivity contribution in [3.05, 3.63) is 65.5 Å². The van der Waals surface area contributed by atoms with Gasteiger partial charge in [0.15, 0.2) is 0 Å². The average Bonchev–Trinajstić information content (AvgIpc) is 3.34. The molecule has 3 heterocycles. The first kappa shape index (κ1) is 19.2. The number of benzene rings is 2. The van der Waals surface area contributed by atoms with Crippen LogP contribution in [0.5, 0.6) is 0 Å². The standard InChI is InChI=1S/C21H17F4N3O2/c22-14-7-5-12(6-8-14)17-16-18(27-10-2-9-26(17)27)20(30)28(19(16)29)15-4-1-3-13(11-15)21(23,24)25/h1,3-8,11,16-18H,2,9-10H2/t16-,17-,18-/m0/s1. The number of carbonyl (C=O) groups excluding carboxylic acids is 2. The van der Waals surface area contributed by atoms with Crippen LogP contribution in [0.4, 0.5) is 23.2 Å². The topological polar surface area (TPSA) is 43.9 Å². The number of halogens is 4. The Morgan fingerprint density at radius 2 is 1.53 bits per heavy atom. The summed E-state index contributed by atoms with van der Waals surface area (Å²) in [5.74, 6) is -2.24. The van der Waals surface area contributed by atoms with Crippen molar-refractivity contribution in [2.24, 2.45) is 5.92 Å². The molecule has 0 saturated carbocycles. The number of hydrogen-bond acceptors (Lipinski definition) is 4. The Hall–Kier alpha value is -2.78. The number of amides is 2. The fraction of sp³-hybridized carbons (Fsp3) is 0.333. The quantitative estimate of drug-likeness (QED) is 0.553. The summed E-state index contributed by atoms with van der Waals surface area (Å²) < 4.78 is 52.8. The van der Waals surface area contributed by atoms with Crippen molar-refractivity contribution in [2.75, 3.05) is 18.0 Å². The number of imide groups is 1. The minimum atomic E-state index is -4.58. The number of anilines is 1. The summed E-state index contributed by atoms with van der Waals surface area (Å²) in [5, 5.41) is 3.80. The van der Waals surface area contributed by atoms with E-state index in [-0.39, 0.29) is 5.69 Å². The smallest absolute Gasteiger partial charge is 0.274 e. The zero-order valence-electron chi connectivity index (χ0n) is 15.6. The molecule has 5 rings (SSSR count). The predicted molar refractivity (Wildman–Crippen MR) is 98.4 cm³/mol. The van der Waals surface area contributed by atoms with Crippen LogP contribution in [-0.2, 0) is 15.8 Å². The van der Waals surface area contributed by atoms with Gasteiger partial charge in [0.05, 0.1) is 23.2 Å². The lowest BCUT2D eigenvalue weighted by Gasteiger charge is -2.29. The Balaban J connectivity index is 1.56. The van der Waals surface area contributed by atoms with Gasteiger partial charge in [0, 0.05) is 13.1 Å². The van der Waals surface area contributed by atoms with Gasteiger partial charge in [-0.3, -0.25) is 9.59 Å². The first-order valence-corrected chi connectivity index (χ1v) is 9.61. The highest BCUT2D eigenvalue weighted by Gasteiger charge is 2.62. The first-order valence-electron chi connectivity index (χ1n) is 9.61. The van der Waals surface area contributed by atoms with Gasteiger partial charge in [-0.25, -0.2) is 19.3 Å². The summed E-state index contributed by atoms with van der Waals surface area (Å²) in [5.41, 5.74) is -0.309. The van der Waals surface area contributed by atoms with Crippen molar-refractivity contribution in [1.82, 2.24) is 10.0 Å². The highest BCUT2D eigenvalue weighted by atomic mass is 19.4. The van der Waals surface area contributed by atoms with Crippen LogP contribution in [0.25, 0.3) is 0 Å². The Morgan fingerprint density at radius 3 is 2.20 bits per heavy atom. The highest BCUT2D eigenvalue weighted by molar-refractivity contribution is 6.24. The molecule has 2 amide bonds. The predicted octanol–water partition coefficient (Wildman–Crippen LogP) is 3.38. The summed E-state index contributed by atoms with van der Waals surface area (Å²) in [6, 6.07) is 8.78. The molecular weight excluding hydrogens is 402 g/mol. The molecule has 0 radical (unpaired) electrons. The maximum absolute atomic E-state index is 13.4. The number of fused-ring (bicyclic) bond motifs is 3. The number of hydrazine groups is 1. The number of nitrogens with zero attached hydrogens (tertiary/aromatic N) is 3.